The van der Waals surface area contributed by atoms with Crippen LogP contribution in [0.4, 0.5) is 26.7 Å². The number of aromatic nitrogens is 3. The lowest BCUT2D eigenvalue weighted by molar-refractivity contribution is 0.598. The summed E-state index contributed by atoms with van der Waals surface area (Å²) in [5.74, 6) is 0.0578. The van der Waals surface area contributed by atoms with Gasteiger partial charge in [-0.15, -0.1) is 0 Å². The zero-order valence-electron chi connectivity index (χ0n) is 15.0. The number of nitrogens with zero attached hydrogens (tertiary/aromatic N) is 3. The second-order valence-electron chi connectivity index (χ2n) is 6.20. The zero-order chi connectivity index (χ0) is 20.6. The Morgan fingerprint density at radius 2 is 1.83 bits per heavy atom. The molecule has 0 amide bonds. The summed E-state index contributed by atoms with van der Waals surface area (Å²) in [7, 11) is -1.94. The lowest BCUT2D eigenvalue weighted by Gasteiger charge is -2.07. The third kappa shape index (κ3) is 4.18. The number of benzene rings is 2. The van der Waals surface area contributed by atoms with Crippen molar-refractivity contribution in [3.63, 3.8) is 0 Å². The molecule has 0 aliphatic heterocycles. The highest BCUT2D eigenvalue weighted by atomic mass is 32.2. The molecule has 0 spiro atoms. The summed E-state index contributed by atoms with van der Waals surface area (Å²) in [6, 6.07) is 10.8. The maximum absolute atomic E-state index is 14.2. The normalized spacial score (nSPS) is 11.5. The van der Waals surface area contributed by atoms with E-state index < -0.39 is 10.0 Å². The summed E-state index contributed by atoms with van der Waals surface area (Å²) in [6.45, 7) is 0. The summed E-state index contributed by atoms with van der Waals surface area (Å²) in [6.07, 6.45) is 1.35. The van der Waals surface area contributed by atoms with Crippen LogP contribution in [0.1, 0.15) is 0 Å². The second kappa shape index (κ2) is 7.39. The van der Waals surface area contributed by atoms with Crippen LogP contribution in [0.2, 0.25) is 0 Å². The molecule has 0 radical (unpaired) electrons. The molecule has 0 bridgehead atoms. The Labute approximate surface area is 170 Å². The summed E-state index contributed by atoms with van der Waals surface area (Å²) < 4.78 is 37.5. The number of nitrogens with two attached hydrogens (primary N) is 1. The van der Waals surface area contributed by atoms with Gasteiger partial charge in [-0.25, -0.2) is 27.9 Å². The van der Waals surface area contributed by atoms with Crippen LogP contribution in [0.25, 0.3) is 10.3 Å². The molecular weight excluding hydrogens is 414 g/mol. The smallest absolute Gasteiger partial charge is 0.238 e. The molecule has 4 aromatic rings. The van der Waals surface area contributed by atoms with Crippen molar-refractivity contribution >= 4 is 67.3 Å². The number of nitrogens with one attached hydrogen (secondary N) is 2. The second-order valence-corrected chi connectivity index (χ2v) is 8.76. The molecule has 0 aliphatic rings. The number of thiazole rings is 1. The van der Waals surface area contributed by atoms with Gasteiger partial charge >= 0.3 is 0 Å². The molecule has 2 aromatic carbocycles. The highest BCUT2D eigenvalue weighted by Gasteiger charge is 2.13. The van der Waals surface area contributed by atoms with E-state index in [0.717, 1.165) is 5.46 Å². The Hall–Kier alpha value is -3.09. The number of primary sulfonamides is 1. The maximum atomic E-state index is 14.2. The van der Waals surface area contributed by atoms with Crippen molar-refractivity contribution in [3.05, 3.63) is 54.6 Å². The van der Waals surface area contributed by atoms with Crippen LogP contribution in [0, 0.1) is 5.82 Å². The Morgan fingerprint density at radius 1 is 1.07 bits per heavy atom. The van der Waals surface area contributed by atoms with Gasteiger partial charge in [-0.3, -0.25) is 0 Å². The monoisotopic (exact) mass is 428 g/mol. The number of sulfonamides is 1. The van der Waals surface area contributed by atoms with Crippen LogP contribution in [0.5, 0.6) is 0 Å². The van der Waals surface area contributed by atoms with E-state index in [0.29, 0.717) is 32.7 Å². The first-order chi connectivity index (χ1) is 13.8. The van der Waals surface area contributed by atoms with Crippen molar-refractivity contribution in [1.29, 1.82) is 0 Å². The molecule has 0 aliphatic carbocycles. The number of hydrogen-bond donors (Lipinski definition) is 3. The van der Waals surface area contributed by atoms with Gasteiger partial charge < -0.3 is 10.6 Å². The molecule has 0 unspecified atom stereocenters. The van der Waals surface area contributed by atoms with Crippen LogP contribution >= 0.6 is 11.3 Å². The molecule has 4 N–H and O–H groups in total. The molecule has 0 fully saturated rings. The molecular formula is C17H14BFN6O2S2. The first-order valence-electron chi connectivity index (χ1n) is 8.34. The summed E-state index contributed by atoms with van der Waals surface area (Å²) in [4.78, 5) is 12.8. The van der Waals surface area contributed by atoms with Gasteiger partial charge in [-0.05, 0) is 36.4 Å². The van der Waals surface area contributed by atoms with E-state index in [1.54, 1.807) is 24.3 Å². The minimum absolute atomic E-state index is 0.0184. The zero-order valence-corrected chi connectivity index (χ0v) is 16.7. The predicted molar refractivity (Wildman–Crippen MR) is 114 cm³/mol. The minimum Gasteiger partial charge on any atom is -0.336 e. The Bertz CT molecular complexity index is 1310. The van der Waals surface area contributed by atoms with E-state index in [1.165, 1.54) is 35.9 Å². The third-order valence-corrected chi connectivity index (χ3v) is 5.90. The van der Waals surface area contributed by atoms with Gasteiger partial charge in [0.25, 0.3) is 0 Å². The van der Waals surface area contributed by atoms with Gasteiger partial charge in [-0.2, -0.15) is 4.98 Å². The van der Waals surface area contributed by atoms with Crippen LogP contribution in [-0.2, 0) is 10.0 Å². The van der Waals surface area contributed by atoms with E-state index in [4.69, 9.17) is 5.14 Å². The van der Waals surface area contributed by atoms with Crippen molar-refractivity contribution in [2.45, 2.75) is 4.90 Å². The van der Waals surface area contributed by atoms with Crippen molar-refractivity contribution in [2.24, 2.45) is 5.14 Å². The number of hydrogen-bond acceptors (Lipinski definition) is 8. The topological polar surface area (TPSA) is 123 Å². The lowest BCUT2D eigenvalue weighted by atomic mass is 9.96. The lowest BCUT2D eigenvalue weighted by Crippen LogP contribution is -2.11. The fourth-order valence-corrected chi connectivity index (χ4v) is 4.00. The van der Waals surface area contributed by atoms with E-state index in [2.05, 4.69) is 25.6 Å². The first kappa shape index (κ1) is 19.2. The van der Waals surface area contributed by atoms with Crippen LogP contribution in [0.15, 0.2) is 53.7 Å². The van der Waals surface area contributed by atoms with Crippen molar-refractivity contribution in [1.82, 2.24) is 15.0 Å². The summed E-state index contributed by atoms with van der Waals surface area (Å²) >= 11 is 1.28. The Balaban J connectivity index is 1.62. The van der Waals surface area contributed by atoms with Crippen molar-refractivity contribution in [3.8, 4) is 0 Å². The van der Waals surface area contributed by atoms with Crippen molar-refractivity contribution in [2.75, 3.05) is 10.6 Å². The number of anilines is 4. The molecule has 8 nitrogen and oxygen atoms in total. The highest BCUT2D eigenvalue weighted by molar-refractivity contribution is 7.89. The minimum atomic E-state index is -3.75. The standard InChI is InChI=1S/C17H14BFN6O2S2/c18-9-1-6-13(12(19)7-9)24-15-14-16(22-8-21-15)25-17(28-14)23-10-2-4-11(5-3-10)29(20,26)27/h1-8H,18H2,(H2,20,26,27)(H2,21,22,23,24,25). The molecule has 2 heterocycles. The van der Waals surface area contributed by atoms with E-state index in [-0.39, 0.29) is 10.7 Å². The summed E-state index contributed by atoms with van der Waals surface area (Å²) in [5.41, 5.74) is 2.20. The van der Waals surface area contributed by atoms with Gasteiger partial charge in [0, 0.05) is 5.69 Å². The van der Waals surface area contributed by atoms with Gasteiger partial charge in [-0.1, -0.05) is 22.9 Å². The van der Waals surface area contributed by atoms with Crippen LogP contribution in [-0.4, -0.2) is 31.2 Å². The van der Waals surface area contributed by atoms with Crippen LogP contribution < -0.4 is 21.2 Å². The SMILES string of the molecule is Bc1ccc(Nc2ncnc3nc(Nc4ccc(S(N)(=O)=O)cc4)sc23)c(F)c1. The largest absolute Gasteiger partial charge is 0.336 e. The van der Waals surface area contributed by atoms with Gasteiger partial charge in [0.15, 0.2) is 16.6 Å². The average molecular weight is 428 g/mol. The first-order valence-corrected chi connectivity index (χ1v) is 10.7. The maximum Gasteiger partial charge on any atom is 0.238 e. The number of rotatable bonds is 5. The van der Waals surface area contributed by atoms with E-state index in [1.807, 2.05) is 7.85 Å². The molecule has 2 aromatic heterocycles. The van der Waals surface area contributed by atoms with E-state index >= 15 is 0 Å². The Morgan fingerprint density at radius 3 is 2.52 bits per heavy atom. The average Bonchev–Trinajstić information content (AvgIpc) is 3.07. The molecule has 4 rings (SSSR count). The van der Waals surface area contributed by atoms with Gasteiger partial charge in [0.05, 0.1) is 10.6 Å². The van der Waals surface area contributed by atoms with Crippen LogP contribution in [0.3, 0.4) is 0 Å². The summed E-state index contributed by atoms with van der Waals surface area (Å²) in [5, 5.41) is 11.7. The van der Waals surface area contributed by atoms with Gasteiger partial charge in [0.2, 0.25) is 10.0 Å². The fraction of sp³-hybridized carbons (Fsp3) is 0. The molecule has 12 heteroatoms. The number of fused-ring (bicyclic) bond motifs is 1. The Kier molecular flexibility index (Phi) is 4.90. The molecule has 0 atom stereocenters. The molecule has 29 heavy (non-hydrogen) atoms. The fourth-order valence-electron chi connectivity index (χ4n) is 2.60. The number of halogens is 1. The quantitative estimate of drug-likeness (QED) is 0.413. The van der Waals surface area contributed by atoms with Gasteiger partial charge in [0.1, 0.15) is 24.7 Å². The van der Waals surface area contributed by atoms with Crippen molar-refractivity contribution < 1.29 is 12.8 Å². The molecule has 146 valence electrons. The van der Waals surface area contributed by atoms with E-state index in [9.17, 15) is 12.8 Å². The third-order valence-electron chi connectivity index (χ3n) is 4.00. The molecule has 0 saturated carbocycles. The highest BCUT2D eigenvalue weighted by Crippen LogP contribution is 2.33. The molecule has 0 saturated heterocycles. The predicted octanol–water partition coefficient (Wildman–Crippen LogP) is 1.62.